The van der Waals surface area contributed by atoms with E-state index < -0.39 is 0 Å². The number of phenols is 1. The van der Waals surface area contributed by atoms with Gasteiger partial charge in [-0.2, -0.15) is 0 Å². The third-order valence-electron chi connectivity index (χ3n) is 4.45. The highest BCUT2D eigenvalue weighted by Gasteiger charge is 2.19. The summed E-state index contributed by atoms with van der Waals surface area (Å²) in [7, 11) is 0. The van der Waals surface area contributed by atoms with Gasteiger partial charge in [-0.3, -0.25) is 0 Å². The molecule has 126 valence electrons. The Bertz CT molecular complexity index is 1030. The number of halogens is 1. The van der Waals surface area contributed by atoms with Crippen molar-refractivity contribution in [1.29, 1.82) is 0 Å². The van der Waals surface area contributed by atoms with Crippen molar-refractivity contribution >= 4 is 22.6 Å². The van der Waals surface area contributed by atoms with Crippen molar-refractivity contribution in [2.45, 2.75) is 0 Å². The third-order valence-corrected chi connectivity index (χ3v) is 5.55. The van der Waals surface area contributed by atoms with Gasteiger partial charge >= 0.3 is 0 Å². The maximum absolute atomic E-state index is 10.7. The fraction of sp³-hybridized carbons (Fsp3) is 0. The zero-order valence-corrected chi connectivity index (χ0v) is 16.2. The van der Waals surface area contributed by atoms with Crippen LogP contribution in [0.4, 0.5) is 0 Å². The third kappa shape index (κ3) is 3.13. The monoisotopic (exact) mass is 448 g/mol. The lowest BCUT2D eigenvalue weighted by molar-refractivity contribution is 0.472. The quantitative estimate of drug-likeness (QED) is 0.335. The molecule has 0 aromatic heterocycles. The molecule has 0 aliphatic carbocycles. The first-order valence-corrected chi connectivity index (χ1v) is 9.55. The number of hydrogen-bond donors (Lipinski definition) is 1. The second-order valence-corrected chi connectivity index (χ2v) is 7.18. The maximum Gasteiger partial charge on any atom is 0.130 e. The first kappa shape index (κ1) is 16.9. The van der Waals surface area contributed by atoms with E-state index in [0.717, 1.165) is 37.0 Å². The molecule has 0 fully saturated rings. The fourth-order valence-electron chi connectivity index (χ4n) is 3.27. The van der Waals surface area contributed by atoms with Crippen LogP contribution in [0.2, 0.25) is 0 Å². The number of aromatic hydroxyl groups is 1. The molecule has 2 heteroatoms. The predicted molar refractivity (Wildman–Crippen MR) is 117 cm³/mol. The van der Waals surface area contributed by atoms with Crippen molar-refractivity contribution in [3.05, 3.63) is 101 Å². The van der Waals surface area contributed by atoms with Gasteiger partial charge in [0.2, 0.25) is 0 Å². The summed E-state index contributed by atoms with van der Waals surface area (Å²) in [6.45, 7) is 0. The van der Waals surface area contributed by atoms with E-state index in [1.807, 2.05) is 48.5 Å². The summed E-state index contributed by atoms with van der Waals surface area (Å²) < 4.78 is 0.868. The van der Waals surface area contributed by atoms with E-state index in [9.17, 15) is 5.11 Å². The minimum Gasteiger partial charge on any atom is -0.507 e. The zero-order valence-electron chi connectivity index (χ0n) is 14.1. The van der Waals surface area contributed by atoms with Crippen LogP contribution in [0.3, 0.4) is 0 Å². The molecule has 1 nitrogen and oxygen atoms in total. The summed E-state index contributed by atoms with van der Waals surface area (Å²) in [5, 5.41) is 10.7. The van der Waals surface area contributed by atoms with Crippen LogP contribution in [0.25, 0.3) is 33.4 Å². The van der Waals surface area contributed by atoms with Gasteiger partial charge in [0.05, 0.1) is 3.57 Å². The van der Waals surface area contributed by atoms with E-state index in [1.54, 1.807) is 0 Å². The molecule has 0 atom stereocenters. The van der Waals surface area contributed by atoms with Gasteiger partial charge < -0.3 is 5.11 Å². The number of rotatable bonds is 3. The summed E-state index contributed by atoms with van der Waals surface area (Å²) in [5.74, 6) is 0.308. The van der Waals surface area contributed by atoms with E-state index >= 15 is 0 Å². The molecular weight excluding hydrogens is 431 g/mol. The van der Waals surface area contributed by atoms with Crippen LogP contribution in [0.5, 0.6) is 5.75 Å². The first-order valence-electron chi connectivity index (χ1n) is 8.47. The fourth-order valence-corrected chi connectivity index (χ4v) is 4.01. The standard InChI is InChI=1S/C24H17IO/c25-24-21(26)16-20(17-10-4-1-5-11-17)22(18-12-6-2-7-13-18)23(24)19-14-8-3-9-15-19/h1-16,26H. The molecule has 26 heavy (non-hydrogen) atoms. The van der Waals surface area contributed by atoms with E-state index in [2.05, 4.69) is 71.1 Å². The highest BCUT2D eigenvalue weighted by Crippen LogP contribution is 2.45. The first-order chi connectivity index (χ1) is 12.8. The van der Waals surface area contributed by atoms with Gasteiger partial charge in [-0.15, -0.1) is 0 Å². The van der Waals surface area contributed by atoms with Crippen molar-refractivity contribution in [3.8, 4) is 39.1 Å². The van der Waals surface area contributed by atoms with Gasteiger partial charge in [0.25, 0.3) is 0 Å². The van der Waals surface area contributed by atoms with Crippen LogP contribution in [-0.4, -0.2) is 5.11 Å². The summed E-state index contributed by atoms with van der Waals surface area (Å²) in [4.78, 5) is 0. The SMILES string of the molecule is Oc1cc(-c2ccccc2)c(-c2ccccc2)c(-c2ccccc2)c1I. The molecule has 0 radical (unpaired) electrons. The smallest absolute Gasteiger partial charge is 0.130 e. The molecule has 0 saturated carbocycles. The number of hydrogen-bond acceptors (Lipinski definition) is 1. The lowest BCUT2D eigenvalue weighted by Gasteiger charge is -2.19. The molecule has 0 saturated heterocycles. The average Bonchev–Trinajstić information content (AvgIpc) is 2.71. The summed E-state index contributed by atoms with van der Waals surface area (Å²) >= 11 is 2.25. The molecule has 0 aliphatic heterocycles. The van der Waals surface area contributed by atoms with Crippen LogP contribution in [0.15, 0.2) is 97.1 Å². The van der Waals surface area contributed by atoms with Gasteiger partial charge in [0.1, 0.15) is 5.75 Å². The molecule has 4 aromatic carbocycles. The van der Waals surface area contributed by atoms with Crippen LogP contribution in [-0.2, 0) is 0 Å². The van der Waals surface area contributed by atoms with Crippen LogP contribution in [0, 0.1) is 3.57 Å². The molecule has 4 aromatic rings. The lowest BCUT2D eigenvalue weighted by Crippen LogP contribution is -1.94. The highest BCUT2D eigenvalue weighted by molar-refractivity contribution is 14.1. The van der Waals surface area contributed by atoms with Gasteiger partial charge in [-0.05, 0) is 56.5 Å². The van der Waals surface area contributed by atoms with Gasteiger partial charge in [-0.1, -0.05) is 91.0 Å². The minimum atomic E-state index is 0.308. The number of benzene rings is 4. The Morgan fingerprint density at radius 2 is 0.962 bits per heavy atom. The molecule has 0 heterocycles. The molecule has 4 rings (SSSR count). The molecule has 0 aliphatic rings. The largest absolute Gasteiger partial charge is 0.507 e. The Labute approximate surface area is 167 Å². The zero-order chi connectivity index (χ0) is 17.9. The van der Waals surface area contributed by atoms with E-state index in [1.165, 1.54) is 0 Å². The number of phenolic OH excluding ortho intramolecular Hbond substituents is 1. The highest BCUT2D eigenvalue weighted by atomic mass is 127. The van der Waals surface area contributed by atoms with Crippen molar-refractivity contribution in [2.24, 2.45) is 0 Å². The van der Waals surface area contributed by atoms with E-state index in [0.29, 0.717) is 5.75 Å². The summed E-state index contributed by atoms with van der Waals surface area (Å²) in [6.07, 6.45) is 0. The minimum absolute atomic E-state index is 0.308. The Kier molecular flexibility index (Phi) is 4.76. The molecular formula is C24H17IO. The molecule has 0 unspecified atom stereocenters. The van der Waals surface area contributed by atoms with Crippen molar-refractivity contribution < 1.29 is 5.11 Å². The molecule has 0 amide bonds. The molecule has 1 N–H and O–H groups in total. The van der Waals surface area contributed by atoms with Crippen LogP contribution in [0.1, 0.15) is 0 Å². The van der Waals surface area contributed by atoms with Crippen molar-refractivity contribution in [2.75, 3.05) is 0 Å². The Morgan fingerprint density at radius 1 is 0.538 bits per heavy atom. The summed E-state index contributed by atoms with van der Waals surface area (Å²) in [5.41, 5.74) is 6.58. The predicted octanol–water partition coefficient (Wildman–Crippen LogP) is 7.00. The van der Waals surface area contributed by atoms with E-state index in [4.69, 9.17) is 0 Å². The summed E-state index contributed by atoms with van der Waals surface area (Å²) in [6, 6.07) is 32.8. The second kappa shape index (κ2) is 7.34. The maximum atomic E-state index is 10.7. The van der Waals surface area contributed by atoms with Crippen LogP contribution < -0.4 is 0 Å². The van der Waals surface area contributed by atoms with Crippen molar-refractivity contribution in [1.82, 2.24) is 0 Å². The normalized spacial score (nSPS) is 10.7. The molecule has 0 bridgehead atoms. The average molecular weight is 448 g/mol. The molecule has 0 spiro atoms. The lowest BCUT2D eigenvalue weighted by atomic mass is 9.87. The Hall–Kier alpha value is -2.59. The van der Waals surface area contributed by atoms with Gasteiger partial charge in [0, 0.05) is 5.56 Å². The Morgan fingerprint density at radius 3 is 1.46 bits per heavy atom. The second-order valence-electron chi connectivity index (χ2n) is 6.11. The Balaban J connectivity index is 2.12. The van der Waals surface area contributed by atoms with Gasteiger partial charge in [0.15, 0.2) is 0 Å². The van der Waals surface area contributed by atoms with Gasteiger partial charge in [-0.25, -0.2) is 0 Å². The topological polar surface area (TPSA) is 20.2 Å². The van der Waals surface area contributed by atoms with E-state index in [-0.39, 0.29) is 0 Å². The van der Waals surface area contributed by atoms with Crippen molar-refractivity contribution in [3.63, 3.8) is 0 Å². The van der Waals surface area contributed by atoms with Crippen LogP contribution >= 0.6 is 22.6 Å².